The van der Waals surface area contributed by atoms with Crippen LogP contribution in [0.25, 0.3) is 44.6 Å². The lowest BCUT2D eigenvalue weighted by molar-refractivity contribution is 1.28. The molecule has 0 bridgehead atoms. The number of benzene rings is 3. The van der Waals surface area contributed by atoms with Crippen LogP contribution < -0.4 is 11.5 Å². The summed E-state index contributed by atoms with van der Waals surface area (Å²) >= 11 is 0. The van der Waals surface area contributed by atoms with Gasteiger partial charge >= 0.3 is 0 Å². The van der Waals surface area contributed by atoms with Crippen molar-refractivity contribution in [3.63, 3.8) is 0 Å². The largest absolute Gasteiger partial charge is 0.399 e. The lowest BCUT2D eigenvalue weighted by Gasteiger charge is -2.06. The van der Waals surface area contributed by atoms with Gasteiger partial charge in [0.2, 0.25) is 0 Å². The van der Waals surface area contributed by atoms with Gasteiger partial charge in [-0.25, -0.2) is 9.97 Å². The van der Waals surface area contributed by atoms with Crippen LogP contribution in [-0.2, 0) is 0 Å². The Kier molecular flexibility index (Phi) is 3.62. The van der Waals surface area contributed by atoms with Gasteiger partial charge in [0.1, 0.15) is 0 Å². The van der Waals surface area contributed by atoms with Gasteiger partial charge in [-0.05, 0) is 36.4 Å². The number of aromatic nitrogens is 4. The van der Waals surface area contributed by atoms with Gasteiger partial charge in [-0.1, -0.05) is 24.3 Å². The Morgan fingerprint density at radius 2 is 0.929 bits per heavy atom. The summed E-state index contributed by atoms with van der Waals surface area (Å²) < 4.78 is 0. The van der Waals surface area contributed by atoms with Crippen LogP contribution in [0.2, 0.25) is 0 Å². The first-order chi connectivity index (χ1) is 13.7. The molecule has 0 radical (unpaired) electrons. The van der Waals surface area contributed by atoms with Crippen LogP contribution in [0.1, 0.15) is 0 Å². The highest BCUT2D eigenvalue weighted by molar-refractivity contribution is 5.82. The molecule has 134 valence electrons. The van der Waals surface area contributed by atoms with Crippen molar-refractivity contribution < 1.29 is 0 Å². The van der Waals surface area contributed by atoms with E-state index >= 15 is 0 Å². The summed E-state index contributed by atoms with van der Waals surface area (Å²) in [4.78, 5) is 18.3. The second-order valence-corrected chi connectivity index (χ2v) is 6.58. The third-order valence-electron chi connectivity index (χ3n) is 4.61. The molecule has 6 heteroatoms. The van der Waals surface area contributed by atoms with Gasteiger partial charge in [-0.3, -0.25) is 9.97 Å². The zero-order valence-corrected chi connectivity index (χ0v) is 14.9. The van der Waals surface area contributed by atoms with Crippen molar-refractivity contribution in [2.24, 2.45) is 0 Å². The predicted molar refractivity (Wildman–Crippen MR) is 112 cm³/mol. The van der Waals surface area contributed by atoms with Crippen molar-refractivity contribution >= 4 is 33.4 Å². The molecule has 2 heterocycles. The fourth-order valence-corrected chi connectivity index (χ4v) is 3.15. The summed E-state index contributed by atoms with van der Waals surface area (Å²) in [6.07, 6.45) is 3.54. The minimum atomic E-state index is 0.671. The molecule has 0 amide bonds. The Bertz CT molecular complexity index is 1220. The van der Waals surface area contributed by atoms with Gasteiger partial charge in [-0.15, -0.1) is 0 Å². The summed E-state index contributed by atoms with van der Waals surface area (Å²) in [5.41, 5.74) is 19.8. The van der Waals surface area contributed by atoms with Crippen LogP contribution >= 0.6 is 0 Å². The molecule has 2 aromatic heterocycles. The average Bonchev–Trinajstić information content (AvgIpc) is 2.73. The smallest absolute Gasteiger partial charge is 0.0914 e. The van der Waals surface area contributed by atoms with E-state index in [4.69, 9.17) is 11.5 Å². The molecule has 0 aliphatic rings. The van der Waals surface area contributed by atoms with Crippen molar-refractivity contribution in [3.05, 3.63) is 73.1 Å². The van der Waals surface area contributed by atoms with Crippen molar-refractivity contribution in [1.82, 2.24) is 19.9 Å². The van der Waals surface area contributed by atoms with Gasteiger partial charge in [0.05, 0.1) is 45.8 Å². The van der Waals surface area contributed by atoms with E-state index in [-0.39, 0.29) is 0 Å². The first kappa shape index (κ1) is 16.1. The van der Waals surface area contributed by atoms with Crippen molar-refractivity contribution in [2.45, 2.75) is 0 Å². The Hall–Kier alpha value is -4.06. The average molecular weight is 364 g/mol. The minimum Gasteiger partial charge on any atom is -0.399 e. The number of nitrogens with zero attached hydrogens (tertiary/aromatic N) is 4. The molecule has 3 aromatic carbocycles. The number of fused-ring (bicyclic) bond motifs is 2. The van der Waals surface area contributed by atoms with Gasteiger partial charge in [0, 0.05) is 22.5 Å². The zero-order valence-electron chi connectivity index (χ0n) is 14.9. The fraction of sp³-hybridized carbons (Fsp3) is 0. The number of hydrogen-bond acceptors (Lipinski definition) is 6. The van der Waals surface area contributed by atoms with E-state index in [1.54, 1.807) is 12.4 Å². The molecule has 0 spiro atoms. The number of hydrogen-bond donors (Lipinski definition) is 2. The molecule has 0 unspecified atom stereocenters. The number of anilines is 2. The van der Waals surface area contributed by atoms with Gasteiger partial charge in [0.25, 0.3) is 0 Å². The Morgan fingerprint density at radius 1 is 0.500 bits per heavy atom. The molecule has 0 aliphatic carbocycles. The quantitative estimate of drug-likeness (QED) is 0.458. The second kappa shape index (κ2) is 6.28. The predicted octanol–water partition coefficient (Wildman–Crippen LogP) is 4.07. The summed E-state index contributed by atoms with van der Waals surface area (Å²) in [5, 5.41) is 0. The van der Waals surface area contributed by atoms with Crippen LogP contribution in [0.4, 0.5) is 11.4 Å². The highest BCUT2D eigenvalue weighted by Crippen LogP contribution is 2.25. The summed E-state index contributed by atoms with van der Waals surface area (Å²) in [5.74, 6) is 0. The topological polar surface area (TPSA) is 104 Å². The van der Waals surface area contributed by atoms with Crippen LogP contribution in [0.3, 0.4) is 0 Å². The lowest BCUT2D eigenvalue weighted by atomic mass is 10.1. The Labute approximate surface area is 160 Å². The lowest BCUT2D eigenvalue weighted by Crippen LogP contribution is -1.92. The van der Waals surface area contributed by atoms with Gasteiger partial charge in [0.15, 0.2) is 0 Å². The van der Waals surface area contributed by atoms with E-state index in [9.17, 15) is 0 Å². The maximum absolute atomic E-state index is 5.86. The third kappa shape index (κ3) is 2.87. The molecule has 0 saturated heterocycles. The molecule has 6 nitrogen and oxygen atoms in total. The van der Waals surface area contributed by atoms with Gasteiger partial charge < -0.3 is 11.5 Å². The summed E-state index contributed by atoms with van der Waals surface area (Å²) in [6.45, 7) is 0. The standard InChI is InChI=1S/C22H16N6/c23-15-5-7-17-19(9-15)27-21(11-25-17)13-1-2-14(4-3-13)22-12-26-18-8-6-16(24)10-20(18)28-22/h1-12H,23-24H2. The zero-order chi connectivity index (χ0) is 19.1. The molecule has 5 aromatic rings. The van der Waals surface area contributed by atoms with E-state index in [0.29, 0.717) is 11.4 Å². The molecule has 0 saturated carbocycles. The maximum atomic E-state index is 5.86. The summed E-state index contributed by atoms with van der Waals surface area (Å²) in [6, 6.07) is 19.1. The number of nitrogen functional groups attached to an aromatic ring is 2. The molecule has 28 heavy (non-hydrogen) atoms. The molecule has 5 rings (SSSR count). The van der Waals surface area contributed by atoms with E-state index < -0.39 is 0 Å². The molecule has 0 fully saturated rings. The third-order valence-corrected chi connectivity index (χ3v) is 4.61. The minimum absolute atomic E-state index is 0.671. The summed E-state index contributed by atoms with van der Waals surface area (Å²) in [7, 11) is 0. The van der Waals surface area contributed by atoms with Crippen LogP contribution in [0.15, 0.2) is 73.1 Å². The van der Waals surface area contributed by atoms with Gasteiger partial charge in [-0.2, -0.15) is 0 Å². The molecular formula is C22H16N6. The Morgan fingerprint density at radius 3 is 1.36 bits per heavy atom. The SMILES string of the molecule is Nc1ccc2ncc(-c3ccc(-c4cnc5ccc(N)cc5n4)cc3)nc2c1. The second-order valence-electron chi connectivity index (χ2n) is 6.58. The van der Waals surface area contributed by atoms with Crippen molar-refractivity contribution in [1.29, 1.82) is 0 Å². The number of rotatable bonds is 2. The van der Waals surface area contributed by atoms with Crippen molar-refractivity contribution in [3.8, 4) is 22.5 Å². The van der Waals surface area contributed by atoms with Crippen LogP contribution in [0, 0.1) is 0 Å². The molecule has 4 N–H and O–H groups in total. The van der Waals surface area contributed by atoms with E-state index in [1.807, 2.05) is 60.7 Å². The molecule has 0 aliphatic heterocycles. The Balaban J connectivity index is 1.52. The maximum Gasteiger partial charge on any atom is 0.0914 e. The van der Waals surface area contributed by atoms with Crippen molar-refractivity contribution in [2.75, 3.05) is 11.5 Å². The molecular weight excluding hydrogens is 348 g/mol. The monoisotopic (exact) mass is 364 g/mol. The first-order valence-electron chi connectivity index (χ1n) is 8.81. The van der Waals surface area contributed by atoms with E-state index in [0.717, 1.165) is 44.6 Å². The highest BCUT2D eigenvalue weighted by atomic mass is 14.8. The molecule has 0 atom stereocenters. The fourth-order valence-electron chi connectivity index (χ4n) is 3.15. The highest BCUT2D eigenvalue weighted by Gasteiger charge is 2.06. The number of nitrogens with two attached hydrogens (primary N) is 2. The van der Waals surface area contributed by atoms with E-state index in [2.05, 4.69) is 19.9 Å². The first-order valence-corrected chi connectivity index (χ1v) is 8.81. The van der Waals surface area contributed by atoms with Crippen LogP contribution in [-0.4, -0.2) is 19.9 Å². The normalized spacial score (nSPS) is 11.1. The van der Waals surface area contributed by atoms with E-state index in [1.165, 1.54) is 0 Å². The van der Waals surface area contributed by atoms with Crippen LogP contribution in [0.5, 0.6) is 0 Å².